The van der Waals surface area contributed by atoms with Crippen LogP contribution in [0.2, 0.25) is 0 Å². The highest BCUT2D eigenvalue weighted by Gasteiger charge is 2.14. The molecule has 0 bridgehead atoms. The van der Waals surface area contributed by atoms with Gasteiger partial charge in [0.15, 0.2) is 0 Å². The average molecular weight is 294 g/mol. The molecule has 1 amide bonds. The van der Waals surface area contributed by atoms with Gasteiger partial charge >= 0.3 is 0 Å². The molecule has 0 radical (unpaired) electrons. The number of carbonyl (C=O) groups is 1. The standard InChI is InChI=1S/C15H26N4O2/c1-6-9(2)17-13(20)7-8-16-10(3)14-11(4)18-12(5)19-15(14)21/h9-10,16H,6-8H2,1-5H3,(H,17,20)(H,18,19,21). The molecule has 0 saturated carbocycles. The van der Waals surface area contributed by atoms with E-state index >= 15 is 0 Å². The van der Waals surface area contributed by atoms with Gasteiger partial charge in [0, 0.05) is 30.7 Å². The summed E-state index contributed by atoms with van der Waals surface area (Å²) in [5, 5.41) is 6.12. The maximum Gasteiger partial charge on any atom is 0.255 e. The van der Waals surface area contributed by atoms with Gasteiger partial charge in [-0.25, -0.2) is 4.98 Å². The summed E-state index contributed by atoms with van der Waals surface area (Å²) in [7, 11) is 0. The Hall–Kier alpha value is -1.69. The number of aromatic nitrogens is 2. The van der Waals surface area contributed by atoms with E-state index in [1.807, 2.05) is 27.7 Å². The second kappa shape index (κ2) is 7.93. The molecule has 0 aromatic carbocycles. The van der Waals surface area contributed by atoms with Crippen molar-refractivity contribution in [3.05, 3.63) is 27.4 Å². The van der Waals surface area contributed by atoms with Crippen molar-refractivity contribution >= 4 is 5.91 Å². The first-order valence-electron chi connectivity index (χ1n) is 7.45. The summed E-state index contributed by atoms with van der Waals surface area (Å²) in [4.78, 5) is 30.6. The highest BCUT2D eigenvalue weighted by molar-refractivity contribution is 5.76. The minimum atomic E-state index is -0.141. The van der Waals surface area contributed by atoms with Gasteiger partial charge in [0.1, 0.15) is 5.82 Å². The SMILES string of the molecule is CCC(C)NC(=O)CCNC(C)c1c(C)nc(C)[nH]c1=O. The van der Waals surface area contributed by atoms with Crippen molar-refractivity contribution in [2.75, 3.05) is 6.54 Å². The number of carbonyl (C=O) groups excluding carboxylic acids is 1. The number of hydrogen-bond donors (Lipinski definition) is 3. The first kappa shape index (κ1) is 17.4. The number of hydrogen-bond acceptors (Lipinski definition) is 4. The second-order valence-electron chi connectivity index (χ2n) is 5.45. The van der Waals surface area contributed by atoms with E-state index in [0.717, 1.165) is 12.1 Å². The molecule has 21 heavy (non-hydrogen) atoms. The van der Waals surface area contributed by atoms with E-state index in [1.165, 1.54) is 0 Å². The molecule has 6 heteroatoms. The Morgan fingerprint density at radius 2 is 2.00 bits per heavy atom. The van der Waals surface area contributed by atoms with E-state index in [4.69, 9.17) is 0 Å². The van der Waals surface area contributed by atoms with E-state index in [0.29, 0.717) is 24.4 Å². The van der Waals surface area contributed by atoms with Gasteiger partial charge in [0.2, 0.25) is 5.91 Å². The van der Waals surface area contributed by atoms with Crippen LogP contribution in [0.25, 0.3) is 0 Å². The number of nitrogens with one attached hydrogen (secondary N) is 3. The topological polar surface area (TPSA) is 86.9 Å². The van der Waals surface area contributed by atoms with Crippen LogP contribution >= 0.6 is 0 Å². The predicted octanol–water partition coefficient (Wildman–Crippen LogP) is 1.34. The van der Waals surface area contributed by atoms with E-state index in [-0.39, 0.29) is 23.6 Å². The van der Waals surface area contributed by atoms with Gasteiger partial charge in [0.25, 0.3) is 5.56 Å². The van der Waals surface area contributed by atoms with Crippen LogP contribution in [-0.2, 0) is 4.79 Å². The lowest BCUT2D eigenvalue weighted by Gasteiger charge is -2.16. The largest absolute Gasteiger partial charge is 0.354 e. The Morgan fingerprint density at radius 1 is 1.33 bits per heavy atom. The van der Waals surface area contributed by atoms with E-state index < -0.39 is 0 Å². The fraction of sp³-hybridized carbons (Fsp3) is 0.667. The Kier molecular flexibility index (Phi) is 6.55. The highest BCUT2D eigenvalue weighted by Crippen LogP contribution is 2.10. The fourth-order valence-corrected chi connectivity index (χ4v) is 2.20. The molecule has 2 unspecified atom stereocenters. The van der Waals surface area contributed by atoms with Gasteiger partial charge in [-0.2, -0.15) is 0 Å². The van der Waals surface area contributed by atoms with Crippen molar-refractivity contribution in [2.24, 2.45) is 0 Å². The van der Waals surface area contributed by atoms with Crippen LogP contribution in [0.4, 0.5) is 0 Å². The van der Waals surface area contributed by atoms with Gasteiger partial charge in [-0.05, 0) is 34.1 Å². The third-order valence-corrected chi connectivity index (χ3v) is 3.52. The van der Waals surface area contributed by atoms with Gasteiger partial charge < -0.3 is 15.6 Å². The van der Waals surface area contributed by atoms with Crippen LogP contribution in [0, 0.1) is 13.8 Å². The minimum Gasteiger partial charge on any atom is -0.354 e. The van der Waals surface area contributed by atoms with Gasteiger partial charge in [0.05, 0.1) is 5.56 Å². The third-order valence-electron chi connectivity index (χ3n) is 3.52. The predicted molar refractivity (Wildman–Crippen MR) is 83.3 cm³/mol. The maximum absolute atomic E-state index is 12.0. The summed E-state index contributed by atoms with van der Waals surface area (Å²) >= 11 is 0. The van der Waals surface area contributed by atoms with Crippen molar-refractivity contribution in [1.82, 2.24) is 20.6 Å². The molecule has 6 nitrogen and oxygen atoms in total. The van der Waals surface area contributed by atoms with Crippen molar-refractivity contribution in [3.8, 4) is 0 Å². The fourth-order valence-electron chi connectivity index (χ4n) is 2.20. The number of aromatic amines is 1. The summed E-state index contributed by atoms with van der Waals surface area (Å²) in [6.07, 6.45) is 1.31. The number of H-pyrrole nitrogens is 1. The van der Waals surface area contributed by atoms with Gasteiger partial charge in [-0.3, -0.25) is 9.59 Å². The lowest BCUT2D eigenvalue weighted by atomic mass is 10.1. The van der Waals surface area contributed by atoms with E-state index in [1.54, 1.807) is 6.92 Å². The molecular formula is C15H26N4O2. The summed E-state index contributed by atoms with van der Waals surface area (Å²) < 4.78 is 0. The smallest absolute Gasteiger partial charge is 0.255 e. The molecule has 118 valence electrons. The molecule has 1 rings (SSSR count). The molecule has 2 atom stereocenters. The lowest BCUT2D eigenvalue weighted by molar-refractivity contribution is -0.121. The number of amides is 1. The second-order valence-corrected chi connectivity index (χ2v) is 5.45. The molecule has 0 aliphatic heterocycles. The highest BCUT2D eigenvalue weighted by atomic mass is 16.1. The zero-order chi connectivity index (χ0) is 16.0. The molecule has 0 aliphatic carbocycles. The van der Waals surface area contributed by atoms with Crippen LogP contribution in [0.1, 0.15) is 56.7 Å². The molecule has 1 aromatic rings. The average Bonchev–Trinajstić information content (AvgIpc) is 2.37. The molecule has 0 spiro atoms. The molecule has 0 saturated heterocycles. The Labute approximate surface area is 125 Å². The number of nitrogens with zero attached hydrogens (tertiary/aromatic N) is 1. The minimum absolute atomic E-state index is 0.0247. The van der Waals surface area contributed by atoms with Crippen LogP contribution in [0.3, 0.4) is 0 Å². The summed E-state index contributed by atoms with van der Waals surface area (Å²) in [5.41, 5.74) is 1.23. The number of rotatable bonds is 7. The van der Waals surface area contributed by atoms with E-state index in [2.05, 4.69) is 20.6 Å². The zero-order valence-corrected chi connectivity index (χ0v) is 13.5. The Bertz CT molecular complexity index is 539. The van der Waals surface area contributed by atoms with Crippen molar-refractivity contribution in [2.45, 2.75) is 59.5 Å². The number of aryl methyl sites for hydroxylation is 2. The van der Waals surface area contributed by atoms with Crippen LogP contribution in [0.15, 0.2) is 4.79 Å². The Balaban J connectivity index is 2.53. The normalized spacial score (nSPS) is 13.8. The van der Waals surface area contributed by atoms with Gasteiger partial charge in [-0.15, -0.1) is 0 Å². The summed E-state index contributed by atoms with van der Waals surface area (Å²) in [6.45, 7) is 10.0. The molecular weight excluding hydrogens is 268 g/mol. The van der Waals surface area contributed by atoms with Gasteiger partial charge in [-0.1, -0.05) is 6.92 Å². The molecule has 0 fully saturated rings. The molecule has 0 aliphatic rings. The van der Waals surface area contributed by atoms with Crippen molar-refractivity contribution in [1.29, 1.82) is 0 Å². The first-order valence-corrected chi connectivity index (χ1v) is 7.45. The summed E-state index contributed by atoms with van der Waals surface area (Å²) in [5.74, 6) is 0.637. The lowest BCUT2D eigenvalue weighted by Crippen LogP contribution is -2.35. The van der Waals surface area contributed by atoms with Crippen LogP contribution in [-0.4, -0.2) is 28.5 Å². The van der Waals surface area contributed by atoms with Crippen LogP contribution < -0.4 is 16.2 Å². The Morgan fingerprint density at radius 3 is 2.57 bits per heavy atom. The quantitative estimate of drug-likeness (QED) is 0.708. The van der Waals surface area contributed by atoms with Crippen LogP contribution in [0.5, 0.6) is 0 Å². The zero-order valence-electron chi connectivity index (χ0n) is 13.5. The van der Waals surface area contributed by atoms with E-state index in [9.17, 15) is 9.59 Å². The molecule has 1 aromatic heterocycles. The maximum atomic E-state index is 12.0. The molecule has 3 N–H and O–H groups in total. The first-order chi connectivity index (χ1) is 9.85. The summed E-state index contributed by atoms with van der Waals surface area (Å²) in [6, 6.07) is 0.0551. The van der Waals surface area contributed by atoms with Crippen molar-refractivity contribution < 1.29 is 4.79 Å². The third kappa shape index (κ3) is 5.30. The van der Waals surface area contributed by atoms with Crippen molar-refractivity contribution in [3.63, 3.8) is 0 Å². The monoisotopic (exact) mass is 294 g/mol. The molecule has 1 heterocycles.